The van der Waals surface area contributed by atoms with Gasteiger partial charge in [-0.05, 0) is 18.6 Å². The molecule has 0 aliphatic rings. The summed E-state index contributed by atoms with van der Waals surface area (Å²) in [6.45, 7) is 2.04. The summed E-state index contributed by atoms with van der Waals surface area (Å²) in [5.41, 5.74) is 1.16. The Labute approximate surface area is 86.8 Å². The van der Waals surface area contributed by atoms with Gasteiger partial charge in [0.1, 0.15) is 5.82 Å². The van der Waals surface area contributed by atoms with E-state index < -0.39 is 0 Å². The smallest absolute Gasteiger partial charge is 0.141 e. The van der Waals surface area contributed by atoms with Crippen LogP contribution in [0.25, 0.3) is 10.1 Å². The highest BCUT2D eigenvalue weighted by Gasteiger charge is 2.11. The van der Waals surface area contributed by atoms with Crippen LogP contribution in [0.2, 0.25) is 0 Å². The van der Waals surface area contributed by atoms with Gasteiger partial charge in [0, 0.05) is 19.5 Å². The second kappa shape index (κ2) is 3.24. The van der Waals surface area contributed by atoms with Crippen molar-refractivity contribution in [3.63, 3.8) is 0 Å². The number of anilines is 1. The number of hydrogen-bond acceptors (Lipinski definition) is 2. The highest BCUT2D eigenvalue weighted by molar-refractivity contribution is 7.23. The molecular formula is C11H12FNS. The zero-order valence-corrected chi connectivity index (χ0v) is 9.28. The average molecular weight is 209 g/mol. The van der Waals surface area contributed by atoms with Gasteiger partial charge in [0.05, 0.1) is 9.70 Å². The maximum atomic E-state index is 13.4. The number of rotatable bonds is 1. The number of halogens is 1. The summed E-state index contributed by atoms with van der Waals surface area (Å²) in [4.78, 5) is 2.03. The zero-order chi connectivity index (χ0) is 10.3. The Morgan fingerprint density at radius 3 is 2.57 bits per heavy atom. The van der Waals surface area contributed by atoms with Crippen molar-refractivity contribution in [3.05, 3.63) is 29.6 Å². The third-order valence-corrected chi connectivity index (χ3v) is 3.78. The molecule has 0 aliphatic carbocycles. The van der Waals surface area contributed by atoms with Gasteiger partial charge < -0.3 is 4.90 Å². The number of benzene rings is 1. The monoisotopic (exact) mass is 209 g/mol. The Morgan fingerprint density at radius 1 is 1.29 bits per heavy atom. The fraction of sp³-hybridized carbons (Fsp3) is 0.273. The van der Waals surface area contributed by atoms with E-state index in [9.17, 15) is 4.39 Å². The molecule has 0 unspecified atom stereocenters. The topological polar surface area (TPSA) is 3.24 Å². The summed E-state index contributed by atoms with van der Waals surface area (Å²) >= 11 is 1.51. The molecule has 1 heterocycles. The van der Waals surface area contributed by atoms with Crippen molar-refractivity contribution >= 4 is 26.4 Å². The molecule has 14 heavy (non-hydrogen) atoms. The van der Waals surface area contributed by atoms with E-state index >= 15 is 0 Å². The molecule has 2 aromatic rings. The Balaban J connectivity index is 2.80. The molecule has 0 N–H and O–H groups in total. The molecule has 2 rings (SSSR count). The second-order valence-electron chi connectivity index (χ2n) is 3.54. The van der Waals surface area contributed by atoms with Crippen LogP contribution >= 0.6 is 11.3 Å². The van der Waals surface area contributed by atoms with Crippen LogP contribution in [-0.2, 0) is 0 Å². The third kappa shape index (κ3) is 1.28. The van der Waals surface area contributed by atoms with Crippen LogP contribution in [0.4, 0.5) is 9.39 Å². The number of aryl methyl sites for hydroxylation is 1. The van der Waals surface area contributed by atoms with Crippen molar-refractivity contribution in [1.29, 1.82) is 0 Å². The SMILES string of the molecule is Cc1c(N(C)C)sc2c(F)cccc12. The highest BCUT2D eigenvalue weighted by Crippen LogP contribution is 2.37. The molecule has 3 heteroatoms. The standard InChI is InChI=1S/C11H12FNS/c1-7-8-5-4-6-9(12)10(8)14-11(7)13(2)3/h4-6H,1-3H3. The summed E-state index contributed by atoms with van der Waals surface area (Å²) < 4.78 is 14.2. The number of hydrogen-bond donors (Lipinski definition) is 0. The molecular weight excluding hydrogens is 197 g/mol. The van der Waals surface area contributed by atoms with Gasteiger partial charge in [-0.2, -0.15) is 0 Å². The molecule has 0 saturated heterocycles. The van der Waals surface area contributed by atoms with E-state index in [2.05, 4.69) is 0 Å². The lowest BCUT2D eigenvalue weighted by atomic mass is 10.2. The van der Waals surface area contributed by atoms with Gasteiger partial charge in [0.2, 0.25) is 0 Å². The molecule has 0 amide bonds. The normalized spacial score (nSPS) is 10.9. The fourth-order valence-corrected chi connectivity index (χ4v) is 2.76. The van der Waals surface area contributed by atoms with E-state index in [0.717, 1.165) is 20.7 Å². The second-order valence-corrected chi connectivity index (χ2v) is 4.54. The predicted octanol–water partition coefficient (Wildman–Crippen LogP) is 3.41. The van der Waals surface area contributed by atoms with Gasteiger partial charge in [-0.3, -0.25) is 0 Å². The van der Waals surface area contributed by atoms with Crippen LogP contribution in [0.3, 0.4) is 0 Å². The largest absolute Gasteiger partial charge is 0.369 e. The maximum absolute atomic E-state index is 13.4. The van der Waals surface area contributed by atoms with Gasteiger partial charge >= 0.3 is 0 Å². The average Bonchev–Trinajstić information content (AvgIpc) is 2.46. The van der Waals surface area contributed by atoms with Crippen LogP contribution in [0.1, 0.15) is 5.56 Å². The van der Waals surface area contributed by atoms with Crippen LogP contribution in [0.5, 0.6) is 0 Å². The predicted molar refractivity (Wildman–Crippen MR) is 60.8 cm³/mol. The first-order valence-corrected chi connectivity index (χ1v) is 5.28. The summed E-state index contributed by atoms with van der Waals surface area (Å²) in [6.07, 6.45) is 0. The number of nitrogens with zero attached hydrogens (tertiary/aromatic N) is 1. The summed E-state index contributed by atoms with van der Waals surface area (Å²) in [5, 5.41) is 2.16. The van der Waals surface area contributed by atoms with Crippen LogP contribution in [0.15, 0.2) is 18.2 Å². The third-order valence-electron chi connectivity index (χ3n) is 2.30. The van der Waals surface area contributed by atoms with Crippen molar-refractivity contribution in [2.75, 3.05) is 19.0 Å². The van der Waals surface area contributed by atoms with Gasteiger partial charge in [0.15, 0.2) is 0 Å². The zero-order valence-electron chi connectivity index (χ0n) is 8.47. The molecule has 74 valence electrons. The lowest BCUT2D eigenvalue weighted by Crippen LogP contribution is -2.07. The molecule has 1 nitrogen and oxygen atoms in total. The lowest BCUT2D eigenvalue weighted by molar-refractivity contribution is 0.641. The summed E-state index contributed by atoms with van der Waals surface area (Å²) in [5.74, 6) is -0.122. The van der Waals surface area contributed by atoms with E-state index in [-0.39, 0.29) is 5.82 Å². The molecule has 1 aromatic heterocycles. The Morgan fingerprint density at radius 2 is 2.00 bits per heavy atom. The molecule has 0 bridgehead atoms. The van der Waals surface area contributed by atoms with Crippen LogP contribution in [-0.4, -0.2) is 14.1 Å². The molecule has 0 radical (unpaired) electrons. The lowest BCUT2D eigenvalue weighted by Gasteiger charge is -2.09. The molecule has 0 aliphatic heterocycles. The summed E-state index contributed by atoms with van der Waals surface area (Å²) in [7, 11) is 3.96. The van der Waals surface area contributed by atoms with Crippen molar-refractivity contribution < 1.29 is 4.39 Å². The Bertz CT molecular complexity index is 473. The first-order valence-electron chi connectivity index (χ1n) is 4.46. The molecule has 0 spiro atoms. The van der Waals surface area contributed by atoms with E-state index in [1.165, 1.54) is 17.4 Å². The van der Waals surface area contributed by atoms with Crippen molar-refractivity contribution in [3.8, 4) is 0 Å². The number of fused-ring (bicyclic) bond motifs is 1. The Hall–Kier alpha value is -1.09. The van der Waals surface area contributed by atoms with E-state index in [1.54, 1.807) is 6.07 Å². The minimum atomic E-state index is -0.122. The first kappa shape index (κ1) is 9.46. The Kier molecular flexibility index (Phi) is 2.19. The van der Waals surface area contributed by atoms with Crippen molar-refractivity contribution in [2.24, 2.45) is 0 Å². The highest BCUT2D eigenvalue weighted by atomic mass is 32.1. The molecule has 1 aromatic carbocycles. The van der Waals surface area contributed by atoms with E-state index in [4.69, 9.17) is 0 Å². The quantitative estimate of drug-likeness (QED) is 0.695. The minimum absolute atomic E-state index is 0.122. The van der Waals surface area contributed by atoms with Gasteiger partial charge in [-0.1, -0.05) is 12.1 Å². The minimum Gasteiger partial charge on any atom is -0.369 e. The van der Waals surface area contributed by atoms with E-state index in [0.29, 0.717) is 0 Å². The summed E-state index contributed by atoms with van der Waals surface area (Å²) in [6, 6.07) is 5.24. The fourth-order valence-electron chi connectivity index (χ4n) is 1.62. The van der Waals surface area contributed by atoms with Crippen molar-refractivity contribution in [2.45, 2.75) is 6.92 Å². The molecule has 0 saturated carbocycles. The van der Waals surface area contributed by atoms with Gasteiger partial charge in [-0.25, -0.2) is 4.39 Å². The van der Waals surface area contributed by atoms with Gasteiger partial charge in [-0.15, -0.1) is 11.3 Å². The van der Waals surface area contributed by atoms with Crippen LogP contribution < -0.4 is 4.90 Å². The van der Waals surface area contributed by atoms with Crippen LogP contribution in [0, 0.1) is 12.7 Å². The molecule has 0 atom stereocenters. The van der Waals surface area contributed by atoms with Crippen molar-refractivity contribution in [1.82, 2.24) is 0 Å². The first-order chi connectivity index (χ1) is 6.61. The molecule has 0 fully saturated rings. The van der Waals surface area contributed by atoms with E-state index in [1.807, 2.05) is 32.0 Å². The van der Waals surface area contributed by atoms with Gasteiger partial charge in [0.25, 0.3) is 0 Å². The maximum Gasteiger partial charge on any atom is 0.141 e. The number of thiophene rings is 1.